The highest BCUT2D eigenvalue weighted by Crippen LogP contribution is 2.40. The van der Waals surface area contributed by atoms with Crippen LogP contribution in [0.3, 0.4) is 0 Å². The van der Waals surface area contributed by atoms with Gasteiger partial charge in [0.1, 0.15) is 0 Å². The fraction of sp³-hybridized carbons (Fsp3) is 0.160. The molecule has 0 fully saturated rings. The molecule has 0 aliphatic carbocycles. The van der Waals surface area contributed by atoms with Gasteiger partial charge >= 0.3 is 5.97 Å². The molecule has 172 valence electrons. The van der Waals surface area contributed by atoms with Crippen LogP contribution in [0.4, 0.5) is 0 Å². The Morgan fingerprint density at radius 3 is 1.58 bits per heavy atom. The highest BCUT2D eigenvalue weighted by molar-refractivity contribution is 8.09. The lowest BCUT2D eigenvalue weighted by Gasteiger charge is -2.28. The van der Waals surface area contributed by atoms with Crippen LogP contribution in [-0.4, -0.2) is 34.5 Å². The summed E-state index contributed by atoms with van der Waals surface area (Å²) in [6.07, 6.45) is 0. The quantitative estimate of drug-likeness (QED) is 0.353. The maximum atomic E-state index is 13.9. The number of hydrogen-bond donors (Lipinski definition) is 0. The smallest absolute Gasteiger partial charge is 0.333 e. The van der Waals surface area contributed by atoms with E-state index in [1.165, 1.54) is 48.5 Å². The van der Waals surface area contributed by atoms with Crippen LogP contribution in [0, 0.1) is 6.92 Å². The van der Waals surface area contributed by atoms with Crippen LogP contribution in [0.1, 0.15) is 17.0 Å². The fourth-order valence-electron chi connectivity index (χ4n) is 3.57. The zero-order valence-electron chi connectivity index (χ0n) is 18.2. The summed E-state index contributed by atoms with van der Waals surface area (Å²) in [5.74, 6) is -2.30. The summed E-state index contributed by atoms with van der Waals surface area (Å²) in [6, 6.07) is 21.2. The molecule has 0 N–H and O–H groups in total. The number of carbonyl (C=O) groups is 1. The summed E-state index contributed by atoms with van der Waals surface area (Å²) in [5, 5.41) is 0. The van der Waals surface area contributed by atoms with E-state index in [0.29, 0.717) is 5.56 Å². The van der Waals surface area contributed by atoms with Gasteiger partial charge in [0.25, 0.3) is 0 Å². The molecular weight excluding hydrogens is 460 g/mol. The second kappa shape index (κ2) is 9.72. The minimum Gasteiger partial charge on any atom is -0.466 e. The summed E-state index contributed by atoms with van der Waals surface area (Å²) in [5.41, 5.74) is 0.931. The number of esters is 1. The molecule has 0 aliphatic heterocycles. The molecule has 0 bridgehead atoms. The maximum Gasteiger partial charge on any atom is 0.333 e. The average Bonchev–Trinajstić information content (AvgIpc) is 2.83. The van der Waals surface area contributed by atoms with Crippen LogP contribution in [0.2, 0.25) is 0 Å². The van der Waals surface area contributed by atoms with E-state index in [4.69, 9.17) is 4.74 Å². The van der Waals surface area contributed by atoms with E-state index in [1.807, 2.05) is 6.92 Å². The van der Waals surface area contributed by atoms with Crippen molar-refractivity contribution in [1.82, 2.24) is 0 Å². The summed E-state index contributed by atoms with van der Waals surface area (Å²) in [4.78, 5) is 12.2. The number of benzene rings is 3. The van der Waals surface area contributed by atoms with Crippen molar-refractivity contribution in [2.75, 3.05) is 7.11 Å². The third-order valence-corrected chi connectivity index (χ3v) is 10.4. The van der Waals surface area contributed by atoms with Gasteiger partial charge in [-0.05, 0) is 36.8 Å². The van der Waals surface area contributed by atoms with Gasteiger partial charge in [0.15, 0.2) is 24.3 Å². The molecule has 3 aromatic carbocycles. The first-order chi connectivity index (χ1) is 15.6. The van der Waals surface area contributed by atoms with Crippen LogP contribution in [0.5, 0.6) is 0 Å². The second-order valence-electron chi connectivity index (χ2n) is 7.49. The molecule has 0 saturated carbocycles. The lowest BCUT2D eigenvalue weighted by Crippen LogP contribution is -2.38. The molecule has 0 radical (unpaired) electrons. The van der Waals surface area contributed by atoms with Crippen molar-refractivity contribution in [3.8, 4) is 0 Å². The number of sulfone groups is 2. The van der Waals surface area contributed by atoms with E-state index < -0.39 is 36.1 Å². The van der Waals surface area contributed by atoms with Gasteiger partial charge in [-0.15, -0.1) is 0 Å². The van der Waals surface area contributed by atoms with Crippen LogP contribution in [0.15, 0.2) is 107 Å². The summed E-state index contributed by atoms with van der Waals surface area (Å²) in [6.45, 7) is 5.60. The Morgan fingerprint density at radius 1 is 0.758 bits per heavy atom. The molecule has 3 aromatic rings. The van der Waals surface area contributed by atoms with E-state index in [0.717, 1.165) is 12.7 Å². The van der Waals surface area contributed by atoms with Crippen LogP contribution < -0.4 is 0 Å². The number of methoxy groups -OCH3 is 1. The van der Waals surface area contributed by atoms with Crippen molar-refractivity contribution in [1.29, 1.82) is 0 Å². The molecule has 6 nitrogen and oxygen atoms in total. The monoisotopic (exact) mass is 484 g/mol. The van der Waals surface area contributed by atoms with E-state index in [2.05, 4.69) is 6.58 Å². The van der Waals surface area contributed by atoms with Crippen molar-refractivity contribution in [2.45, 2.75) is 27.2 Å². The summed E-state index contributed by atoms with van der Waals surface area (Å²) in [7, 11) is -7.88. The number of carbonyl (C=O) groups excluding carboxylic acids is 1. The molecular formula is C25H24O6S2. The van der Waals surface area contributed by atoms with Crippen LogP contribution in [-0.2, 0) is 29.2 Å². The molecule has 1 unspecified atom stereocenters. The Bertz CT molecular complexity index is 1280. The van der Waals surface area contributed by atoms with Gasteiger partial charge < -0.3 is 4.74 Å². The molecule has 33 heavy (non-hydrogen) atoms. The molecule has 0 aliphatic rings. The SMILES string of the molecule is C=C(C(=O)OC)C(c1ccc(C)cc1)C(S(=O)(=O)c1ccccc1)S(=O)(=O)c1ccccc1. The first-order valence-corrected chi connectivity index (χ1v) is 13.1. The predicted octanol–water partition coefficient (Wildman–Crippen LogP) is 4.08. The lowest BCUT2D eigenvalue weighted by molar-refractivity contribution is -0.136. The van der Waals surface area contributed by atoms with Crippen LogP contribution in [0.25, 0.3) is 0 Å². The van der Waals surface area contributed by atoms with Crippen molar-refractivity contribution >= 4 is 25.6 Å². The largest absolute Gasteiger partial charge is 0.466 e. The Kier molecular flexibility index (Phi) is 7.19. The Labute approximate surface area is 194 Å². The van der Waals surface area contributed by atoms with Gasteiger partial charge in [-0.1, -0.05) is 72.8 Å². The Morgan fingerprint density at radius 2 is 1.18 bits per heavy atom. The summed E-state index contributed by atoms with van der Waals surface area (Å²) >= 11 is 0. The highest BCUT2D eigenvalue weighted by atomic mass is 32.3. The normalized spacial score (nSPS) is 12.8. The second-order valence-corrected chi connectivity index (χ2v) is 11.9. The third kappa shape index (κ3) is 4.91. The van der Waals surface area contributed by atoms with Gasteiger partial charge in [0.2, 0.25) is 0 Å². The molecule has 0 amide bonds. The average molecular weight is 485 g/mol. The van der Waals surface area contributed by atoms with Crippen molar-refractivity contribution in [3.63, 3.8) is 0 Å². The molecule has 1 atom stereocenters. The summed E-state index contributed by atoms with van der Waals surface area (Å²) < 4.78 is 58.3. The molecule has 0 saturated heterocycles. The van der Waals surface area contributed by atoms with Gasteiger partial charge in [-0.2, -0.15) is 0 Å². The van der Waals surface area contributed by atoms with Crippen molar-refractivity contribution in [3.05, 3.63) is 108 Å². The predicted molar refractivity (Wildman–Crippen MR) is 126 cm³/mol. The van der Waals surface area contributed by atoms with Gasteiger partial charge in [0.05, 0.1) is 16.9 Å². The minimum atomic E-state index is -4.51. The van der Waals surface area contributed by atoms with Gasteiger partial charge in [-0.3, -0.25) is 0 Å². The minimum absolute atomic E-state index is 0.177. The van der Waals surface area contributed by atoms with E-state index in [9.17, 15) is 21.6 Å². The number of aryl methyl sites for hydroxylation is 1. The third-order valence-electron chi connectivity index (χ3n) is 5.29. The van der Waals surface area contributed by atoms with E-state index in [1.54, 1.807) is 36.4 Å². The highest BCUT2D eigenvalue weighted by Gasteiger charge is 2.48. The molecule has 0 spiro atoms. The van der Waals surface area contributed by atoms with Gasteiger partial charge in [0, 0.05) is 11.5 Å². The van der Waals surface area contributed by atoms with Crippen LogP contribution >= 0.6 is 0 Å². The molecule has 0 aromatic heterocycles. The maximum absolute atomic E-state index is 13.9. The van der Waals surface area contributed by atoms with E-state index >= 15 is 0 Å². The number of hydrogen-bond acceptors (Lipinski definition) is 6. The Balaban J connectivity index is 2.37. The first kappa shape index (κ1) is 24.4. The molecule has 3 rings (SSSR count). The standard InChI is InChI=1S/C25H24O6S2/c1-18-14-16-20(17-15-18)23(19(2)24(26)31-3)25(32(27,28)21-10-6-4-7-11-21)33(29,30)22-12-8-5-9-13-22/h4-17,23,25H,2H2,1,3H3. The lowest BCUT2D eigenvalue weighted by atomic mass is 9.93. The molecule has 0 heterocycles. The zero-order valence-corrected chi connectivity index (χ0v) is 19.8. The van der Waals surface area contributed by atoms with E-state index in [-0.39, 0.29) is 15.4 Å². The first-order valence-electron chi connectivity index (χ1n) is 10.0. The Hall–Kier alpha value is -3.23. The number of rotatable bonds is 8. The van der Waals surface area contributed by atoms with Gasteiger partial charge in [-0.25, -0.2) is 21.6 Å². The zero-order chi connectivity index (χ0) is 24.2. The van der Waals surface area contributed by atoms with Crippen molar-refractivity contribution < 1.29 is 26.4 Å². The number of ether oxygens (including phenoxy) is 1. The topological polar surface area (TPSA) is 94.6 Å². The molecule has 8 heteroatoms. The fourth-order valence-corrected chi connectivity index (χ4v) is 8.54. The van der Waals surface area contributed by atoms with Crippen molar-refractivity contribution in [2.24, 2.45) is 0 Å².